The van der Waals surface area contributed by atoms with E-state index in [9.17, 15) is 9.18 Å². The van der Waals surface area contributed by atoms with Crippen LogP contribution in [-0.2, 0) is 4.79 Å². The van der Waals surface area contributed by atoms with E-state index in [1.807, 2.05) is 30.3 Å². The second kappa shape index (κ2) is 6.06. The molecular formula is C14H14FN3O. The molecule has 0 saturated heterocycles. The first-order valence-electron chi connectivity index (χ1n) is 5.87. The number of nitrogens with one attached hydrogen (secondary N) is 1. The summed E-state index contributed by atoms with van der Waals surface area (Å²) in [5.41, 5.74) is 7.29. The van der Waals surface area contributed by atoms with Crippen LogP contribution in [0.2, 0.25) is 0 Å². The molecule has 0 aliphatic heterocycles. The van der Waals surface area contributed by atoms with Gasteiger partial charge in [0.2, 0.25) is 11.9 Å². The molecule has 0 saturated carbocycles. The highest BCUT2D eigenvalue weighted by Gasteiger charge is 2.11. The summed E-state index contributed by atoms with van der Waals surface area (Å²) in [7, 11) is 0. The number of amides is 1. The van der Waals surface area contributed by atoms with Gasteiger partial charge < -0.3 is 11.1 Å². The zero-order valence-corrected chi connectivity index (χ0v) is 10.2. The van der Waals surface area contributed by atoms with Gasteiger partial charge in [-0.2, -0.15) is 4.39 Å². The second-order valence-corrected chi connectivity index (χ2v) is 4.14. The Morgan fingerprint density at radius 2 is 2.00 bits per heavy atom. The lowest BCUT2D eigenvalue weighted by molar-refractivity contribution is -0.116. The largest absolute Gasteiger partial charge is 0.325 e. The van der Waals surface area contributed by atoms with Gasteiger partial charge in [-0.3, -0.25) is 4.79 Å². The minimum atomic E-state index is -0.584. The molecule has 0 fully saturated rings. The number of rotatable bonds is 4. The number of anilines is 1. The number of nitrogens with zero attached hydrogens (tertiary/aromatic N) is 1. The fourth-order valence-electron chi connectivity index (χ4n) is 1.68. The molecule has 0 radical (unpaired) electrons. The molecule has 1 aromatic heterocycles. The van der Waals surface area contributed by atoms with E-state index in [-0.39, 0.29) is 18.4 Å². The molecule has 3 N–H and O–H groups in total. The maximum Gasteiger partial charge on any atom is 0.226 e. The molecule has 1 amide bonds. The maximum absolute atomic E-state index is 12.6. The van der Waals surface area contributed by atoms with Gasteiger partial charge in [-0.15, -0.1) is 0 Å². The number of halogens is 1. The first kappa shape index (κ1) is 13.2. The van der Waals surface area contributed by atoms with E-state index < -0.39 is 5.95 Å². The van der Waals surface area contributed by atoms with Crippen LogP contribution in [0.15, 0.2) is 48.7 Å². The summed E-state index contributed by atoms with van der Waals surface area (Å²) in [4.78, 5) is 15.2. The zero-order valence-electron chi connectivity index (χ0n) is 10.2. The molecule has 1 heterocycles. The van der Waals surface area contributed by atoms with E-state index in [0.29, 0.717) is 5.69 Å². The normalized spacial score (nSPS) is 11.9. The highest BCUT2D eigenvalue weighted by atomic mass is 19.1. The number of hydrogen-bond donors (Lipinski definition) is 2. The number of aromatic nitrogens is 1. The molecular weight excluding hydrogens is 245 g/mol. The SMILES string of the molecule is NC(CC(=O)Nc1ccc(F)nc1)c1ccccc1. The molecule has 4 nitrogen and oxygen atoms in total. The zero-order chi connectivity index (χ0) is 13.7. The number of pyridine rings is 1. The van der Waals surface area contributed by atoms with Crippen LogP contribution in [0, 0.1) is 5.95 Å². The van der Waals surface area contributed by atoms with Crippen molar-refractivity contribution < 1.29 is 9.18 Å². The number of hydrogen-bond acceptors (Lipinski definition) is 3. The van der Waals surface area contributed by atoms with Crippen LogP contribution in [0.4, 0.5) is 10.1 Å². The van der Waals surface area contributed by atoms with E-state index in [4.69, 9.17) is 5.73 Å². The lowest BCUT2D eigenvalue weighted by atomic mass is 10.0. The van der Waals surface area contributed by atoms with E-state index in [0.717, 1.165) is 5.56 Å². The molecule has 1 aromatic carbocycles. The van der Waals surface area contributed by atoms with E-state index in [1.54, 1.807) is 0 Å². The first-order chi connectivity index (χ1) is 9.15. The number of benzene rings is 1. The van der Waals surface area contributed by atoms with Gasteiger partial charge in [-0.1, -0.05) is 30.3 Å². The summed E-state index contributed by atoms with van der Waals surface area (Å²) in [5.74, 6) is -0.816. The highest BCUT2D eigenvalue weighted by Crippen LogP contribution is 2.14. The lowest BCUT2D eigenvalue weighted by Crippen LogP contribution is -2.20. The molecule has 5 heteroatoms. The van der Waals surface area contributed by atoms with Gasteiger partial charge >= 0.3 is 0 Å². The van der Waals surface area contributed by atoms with Crippen molar-refractivity contribution in [2.24, 2.45) is 5.73 Å². The number of nitrogens with two attached hydrogens (primary N) is 1. The molecule has 19 heavy (non-hydrogen) atoms. The number of carbonyl (C=O) groups excluding carboxylic acids is 1. The molecule has 0 aliphatic carbocycles. The summed E-state index contributed by atoms with van der Waals surface area (Å²) in [5, 5.41) is 2.62. The Bertz CT molecular complexity index is 542. The molecule has 0 bridgehead atoms. The van der Waals surface area contributed by atoms with Crippen LogP contribution in [-0.4, -0.2) is 10.9 Å². The summed E-state index contributed by atoms with van der Waals surface area (Å²) < 4.78 is 12.6. The van der Waals surface area contributed by atoms with Crippen LogP contribution in [0.5, 0.6) is 0 Å². The van der Waals surface area contributed by atoms with Crippen LogP contribution in [0.3, 0.4) is 0 Å². The average molecular weight is 259 g/mol. The fraction of sp³-hybridized carbons (Fsp3) is 0.143. The number of carbonyl (C=O) groups is 1. The fourth-order valence-corrected chi connectivity index (χ4v) is 1.68. The van der Waals surface area contributed by atoms with Gasteiger partial charge in [0.15, 0.2) is 0 Å². The maximum atomic E-state index is 12.6. The van der Waals surface area contributed by atoms with Crippen molar-refractivity contribution in [3.05, 3.63) is 60.2 Å². The predicted molar refractivity (Wildman–Crippen MR) is 70.8 cm³/mol. The third kappa shape index (κ3) is 3.86. The Labute approximate surface area is 110 Å². The van der Waals surface area contributed by atoms with Crippen molar-refractivity contribution in [1.29, 1.82) is 0 Å². The van der Waals surface area contributed by atoms with Crippen molar-refractivity contribution in [3.8, 4) is 0 Å². The standard InChI is InChI=1S/C14H14FN3O/c15-13-7-6-11(9-17-13)18-14(19)8-12(16)10-4-2-1-3-5-10/h1-7,9,12H,8,16H2,(H,18,19). The summed E-state index contributed by atoms with van der Waals surface area (Å²) in [6.07, 6.45) is 1.42. The smallest absolute Gasteiger partial charge is 0.226 e. The predicted octanol–water partition coefficient (Wildman–Crippen LogP) is 2.25. The molecule has 1 unspecified atom stereocenters. The van der Waals surface area contributed by atoms with Crippen molar-refractivity contribution in [3.63, 3.8) is 0 Å². The monoisotopic (exact) mass is 259 g/mol. The average Bonchev–Trinajstić information content (AvgIpc) is 2.42. The van der Waals surface area contributed by atoms with Crippen molar-refractivity contribution in [1.82, 2.24) is 4.98 Å². The third-order valence-electron chi connectivity index (χ3n) is 2.64. The van der Waals surface area contributed by atoms with E-state index in [1.165, 1.54) is 18.3 Å². The van der Waals surface area contributed by atoms with Gasteiger partial charge in [-0.05, 0) is 17.7 Å². The molecule has 98 valence electrons. The first-order valence-corrected chi connectivity index (χ1v) is 5.87. The Morgan fingerprint density at radius 3 is 2.63 bits per heavy atom. The minimum Gasteiger partial charge on any atom is -0.325 e. The highest BCUT2D eigenvalue weighted by molar-refractivity contribution is 5.90. The molecule has 1 atom stereocenters. The Hall–Kier alpha value is -2.27. The third-order valence-corrected chi connectivity index (χ3v) is 2.64. The Balaban J connectivity index is 1.93. The van der Waals surface area contributed by atoms with Crippen molar-refractivity contribution in [2.45, 2.75) is 12.5 Å². The summed E-state index contributed by atoms with van der Waals surface area (Å²) >= 11 is 0. The van der Waals surface area contributed by atoms with Crippen LogP contribution in [0.25, 0.3) is 0 Å². The van der Waals surface area contributed by atoms with E-state index >= 15 is 0 Å². The summed E-state index contributed by atoms with van der Waals surface area (Å²) in [6, 6.07) is 11.7. The Kier molecular flexibility index (Phi) is 4.20. The molecule has 2 aromatic rings. The van der Waals surface area contributed by atoms with Gasteiger partial charge in [-0.25, -0.2) is 4.98 Å². The van der Waals surface area contributed by atoms with E-state index in [2.05, 4.69) is 10.3 Å². The summed E-state index contributed by atoms with van der Waals surface area (Å²) in [6.45, 7) is 0. The quantitative estimate of drug-likeness (QED) is 0.827. The Morgan fingerprint density at radius 1 is 1.26 bits per heavy atom. The lowest BCUT2D eigenvalue weighted by Gasteiger charge is -2.11. The van der Waals surface area contributed by atoms with Gasteiger partial charge in [0.05, 0.1) is 11.9 Å². The molecule has 0 spiro atoms. The van der Waals surface area contributed by atoms with Crippen molar-refractivity contribution in [2.75, 3.05) is 5.32 Å². The van der Waals surface area contributed by atoms with Gasteiger partial charge in [0, 0.05) is 12.5 Å². The molecule has 2 rings (SSSR count). The van der Waals surface area contributed by atoms with Gasteiger partial charge in [0.1, 0.15) is 0 Å². The van der Waals surface area contributed by atoms with Crippen molar-refractivity contribution >= 4 is 11.6 Å². The second-order valence-electron chi connectivity index (χ2n) is 4.14. The molecule has 0 aliphatic rings. The van der Waals surface area contributed by atoms with Crippen LogP contribution < -0.4 is 11.1 Å². The van der Waals surface area contributed by atoms with Crippen LogP contribution >= 0.6 is 0 Å². The van der Waals surface area contributed by atoms with Gasteiger partial charge in [0.25, 0.3) is 0 Å². The minimum absolute atomic E-state index is 0.154. The topological polar surface area (TPSA) is 68.0 Å². The van der Waals surface area contributed by atoms with Crippen LogP contribution in [0.1, 0.15) is 18.0 Å².